The predicted molar refractivity (Wildman–Crippen MR) is 113 cm³/mol. The molecule has 0 atom stereocenters. The molecule has 0 saturated carbocycles. The van der Waals surface area contributed by atoms with E-state index in [0.717, 1.165) is 33.8 Å². The maximum absolute atomic E-state index is 9.17. The molecule has 150 valence electrons. The average molecular weight is 398 g/mol. The van der Waals surface area contributed by atoms with Crippen molar-refractivity contribution >= 4 is 0 Å². The van der Waals surface area contributed by atoms with Gasteiger partial charge in [-0.15, -0.1) is 0 Å². The maximum Gasteiger partial charge on any atom is 0.179 e. The molecule has 0 unspecified atom stereocenters. The number of benzene rings is 3. The summed E-state index contributed by atoms with van der Waals surface area (Å²) in [7, 11) is 0. The number of rotatable bonds is 5. The van der Waals surface area contributed by atoms with Crippen molar-refractivity contribution in [3.63, 3.8) is 0 Å². The Hall–Kier alpha value is -3.49. The Morgan fingerprint density at radius 3 is 2.30 bits per heavy atom. The molecule has 0 aliphatic carbocycles. The third-order valence-electron chi connectivity index (χ3n) is 5.68. The van der Waals surface area contributed by atoms with Gasteiger partial charge in [-0.3, -0.25) is 0 Å². The summed E-state index contributed by atoms with van der Waals surface area (Å²) in [5.74, 6) is 1.59. The second-order valence-corrected chi connectivity index (χ2v) is 7.66. The van der Waals surface area contributed by atoms with Crippen LogP contribution in [0.15, 0.2) is 72.8 Å². The Labute approximate surface area is 176 Å². The molecule has 0 N–H and O–H groups in total. The van der Waals surface area contributed by atoms with Gasteiger partial charge >= 0.3 is 0 Å². The Morgan fingerprint density at radius 2 is 1.57 bits per heavy atom. The Bertz CT molecular complexity index is 1070. The summed E-state index contributed by atoms with van der Waals surface area (Å²) >= 11 is 0. The molecule has 3 aromatic carbocycles. The van der Waals surface area contributed by atoms with Crippen LogP contribution in [0.2, 0.25) is 0 Å². The van der Waals surface area contributed by atoms with E-state index in [1.165, 1.54) is 0 Å². The lowest BCUT2D eigenvalue weighted by Crippen LogP contribution is -2.58. The van der Waals surface area contributed by atoms with Crippen LogP contribution < -0.4 is 9.47 Å². The second kappa shape index (κ2) is 7.74. The molecule has 0 radical (unpaired) electrons. The van der Waals surface area contributed by atoms with Gasteiger partial charge in [-0.05, 0) is 34.4 Å². The second-order valence-electron chi connectivity index (χ2n) is 7.66. The van der Waals surface area contributed by atoms with Crippen LogP contribution in [0.25, 0.3) is 11.1 Å². The Balaban J connectivity index is 1.30. The molecular formula is C25H22N2O3. The quantitative estimate of drug-likeness (QED) is 0.599. The van der Waals surface area contributed by atoms with Crippen molar-refractivity contribution in [3.05, 3.63) is 83.9 Å². The first kappa shape index (κ1) is 18.5. The lowest BCUT2D eigenvalue weighted by Gasteiger charge is -2.47. The van der Waals surface area contributed by atoms with Crippen LogP contribution in [0.3, 0.4) is 0 Å². The third kappa shape index (κ3) is 3.47. The highest BCUT2D eigenvalue weighted by Gasteiger charge is 2.45. The minimum atomic E-state index is -0.425. The zero-order chi connectivity index (χ0) is 20.4. The fourth-order valence-corrected chi connectivity index (χ4v) is 3.98. The van der Waals surface area contributed by atoms with E-state index in [9.17, 15) is 0 Å². The molecule has 2 aliphatic rings. The van der Waals surface area contributed by atoms with E-state index in [1.807, 2.05) is 36.4 Å². The van der Waals surface area contributed by atoms with E-state index in [4.69, 9.17) is 19.5 Å². The van der Waals surface area contributed by atoms with Crippen LogP contribution in [-0.4, -0.2) is 31.2 Å². The third-order valence-corrected chi connectivity index (χ3v) is 5.68. The Morgan fingerprint density at radius 1 is 0.867 bits per heavy atom. The number of fused-ring (bicyclic) bond motifs is 1. The van der Waals surface area contributed by atoms with E-state index < -0.39 is 5.60 Å². The highest BCUT2D eigenvalue weighted by Crippen LogP contribution is 2.37. The zero-order valence-corrected chi connectivity index (χ0v) is 16.6. The van der Waals surface area contributed by atoms with Crippen molar-refractivity contribution in [1.82, 2.24) is 4.90 Å². The van der Waals surface area contributed by atoms with Crippen molar-refractivity contribution in [1.29, 1.82) is 5.26 Å². The molecule has 1 fully saturated rings. The minimum absolute atomic E-state index is 0.425. The van der Waals surface area contributed by atoms with Crippen LogP contribution >= 0.6 is 0 Å². The molecule has 30 heavy (non-hydrogen) atoms. The molecule has 0 bridgehead atoms. The first-order valence-corrected chi connectivity index (χ1v) is 10.1. The maximum atomic E-state index is 9.17. The number of nitrogens with zero attached hydrogens (tertiary/aromatic N) is 2. The van der Waals surface area contributed by atoms with E-state index >= 15 is 0 Å². The van der Waals surface area contributed by atoms with Crippen molar-refractivity contribution < 1.29 is 14.2 Å². The van der Waals surface area contributed by atoms with Crippen molar-refractivity contribution in [3.8, 4) is 28.8 Å². The number of hydrogen-bond donors (Lipinski definition) is 0. The predicted octanol–water partition coefficient (Wildman–Crippen LogP) is 4.33. The normalized spacial score (nSPS) is 16.4. The van der Waals surface area contributed by atoms with Gasteiger partial charge in [0.05, 0.1) is 19.7 Å². The topological polar surface area (TPSA) is 54.7 Å². The van der Waals surface area contributed by atoms with E-state index in [1.54, 1.807) is 4.90 Å². The molecular weight excluding hydrogens is 376 g/mol. The fourth-order valence-electron chi connectivity index (χ4n) is 3.98. The lowest BCUT2D eigenvalue weighted by molar-refractivity contribution is -0.141. The van der Waals surface area contributed by atoms with Gasteiger partial charge in [0, 0.05) is 0 Å². The van der Waals surface area contributed by atoms with Gasteiger partial charge in [0.2, 0.25) is 0 Å². The van der Waals surface area contributed by atoms with Gasteiger partial charge in [-0.25, -0.2) is 0 Å². The summed E-state index contributed by atoms with van der Waals surface area (Å²) in [6.07, 6.45) is 2.21. The molecule has 5 rings (SSSR count). The van der Waals surface area contributed by atoms with Crippen LogP contribution in [0, 0.1) is 11.5 Å². The summed E-state index contributed by atoms with van der Waals surface area (Å²) in [5, 5.41) is 9.17. The van der Waals surface area contributed by atoms with Gasteiger partial charge in [0.25, 0.3) is 0 Å². The smallest absolute Gasteiger partial charge is 0.179 e. The minimum Gasteiger partial charge on any atom is -0.486 e. The van der Waals surface area contributed by atoms with Gasteiger partial charge in [0.15, 0.2) is 17.7 Å². The molecule has 2 aliphatic heterocycles. The number of likely N-dealkylation sites (tertiary alicyclic amines) is 1. The first-order chi connectivity index (χ1) is 14.8. The molecule has 5 nitrogen and oxygen atoms in total. The average Bonchev–Trinajstić information content (AvgIpc) is 2.79. The van der Waals surface area contributed by atoms with Crippen LogP contribution in [-0.2, 0) is 16.9 Å². The summed E-state index contributed by atoms with van der Waals surface area (Å²) in [6, 6.07) is 24.6. The zero-order valence-electron chi connectivity index (χ0n) is 16.6. The van der Waals surface area contributed by atoms with Crippen LogP contribution in [0.5, 0.6) is 11.5 Å². The molecule has 5 heteroatoms. The fraction of sp³-hybridized carbons (Fsp3) is 0.240. The summed E-state index contributed by atoms with van der Waals surface area (Å²) in [5.41, 5.74) is 4.00. The molecule has 3 aromatic rings. The molecule has 0 spiro atoms. The number of ether oxygens (including phenoxy) is 3. The summed E-state index contributed by atoms with van der Waals surface area (Å²) in [4.78, 5) is 1.72. The molecule has 2 heterocycles. The SMILES string of the molecule is N#CN1CC(OCc2ccc(-c3ccc4c(c3)OCCO4)cc2)(c2ccccc2)C1. The Kier molecular flexibility index (Phi) is 4.78. The monoisotopic (exact) mass is 398 g/mol. The number of hydrogen-bond acceptors (Lipinski definition) is 5. The lowest BCUT2D eigenvalue weighted by atomic mass is 9.86. The van der Waals surface area contributed by atoms with Gasteiger partial charge in [-0.1, -0.05) is 60.7 Å². The largest absolute Gasteiger partial charge is 0.486 e. The van der Waals surface area contributed by atoms with E-state index in [2.05, 4.69) is 42.6 Å². The molecule has 1 saturated heterocycles. The molecule has 0 amide bonds. The van der Waals surface area contributed by atoms with E-state index in [0.29, 0.717) is 32.9 Å². The molecule has 0 aromatic heterocycles. The van der Waals surface area contributed by atoms with Gasteiger partial charge < -0.3 is 19.1 Å². The van der Waals surface area contributed by atoms with Crippen LogP contribution in [0.1, 0.15) is 11.1 Å². The summed E-state index contributed by atoms with van der Waals surface area (Å²) in [6.45, 7) is 2.85. The van der Waals surface area contributed by atoms with E-state index in [-0.39, 0.29) is 0 Å². The van der Waals surface area contributed by atoms with Crippen molar-refractivity contribution in [2.75, 3.05) is 26.3 Å². The van der Waals surface area contributed by atoms with Gasteiger partial charge in [0.1, 0.15) is 18.8 Å². The van der Waals surface area contributed by atoms with Crippen LogP contribution in [0.4, 0.5) is 0 Å². The van der Waals surface area contributed by atoms with Gasteiger partial charge in [-0.2, -0.15) is 5.26 Å². The standard InChI is InChI=1S/C25H22N2O3/c26-18-27-16-25(17-27,22-4-2-1-3-5-22)30-15-19-6-8-20(9-7-19)21-10-11-23-24(14-21)29-13-12-28-23/h1-11,14H,12-13,15-17H2. The first-order valence-electron chi connectivity index (χ1n) is 10.1. The summed E-state index contributed by atoms with van der Waals surface area (Å²) < 4.78 is 17.7. The highest BCUT2D eigenvalue weighted by atomic mass is 16.6. The highest BCUT2D eigenvalue weighted by molar-refractivity contribution is 5.67. The van der Waals surface area contributed by atoms with Crippen molar-refractivity contribution in [2.45, 2.75) is 12.2 Å². The van der Waals surface area contributed by atoms with Crippen molar-refractivity contribution in [2.24, 2.45) is 0 Å². The number of nitriles is 1.